The molecule has 0 heterocycles. The fourth-order valence-corrected chi connectivity index (χ4v) is 0. The average molecular weight is 325 g/mol. The molecule has 0 atom stereocenters. The van der Waals surface area contributed by atoms with Crippen LogP contribution in [-0.2, 0) is 0 Å². The molecule has 0 amide bonds. The summed E-state index contributed by atoms with van der Waals surface area (Å²) in [6.45, 7) is 0. The third kappa shape index (κ3) is 184. The summed E-state index contributed by atoms with van der Waals surface area (Å²) in [4.78, 5) is 0. The molecule has 56 valence electrons. The van der Waals surface area contributed by atoms with Crippen LogP contribution in [0.25, 0.3) is 0 Å². The maximum absolute atomic E-state index is 8.49. The Morgan fingerprint density at radius 1 is 0.889 bits per heavy atom. The monoisotopic (exact) mass is 324 g/mol. The average Bonchev–Trinajstić information content (AvgIpc) is 1.19. The molecule has 4 nitrogen and oxygen atoms in total. The van der Waals surface area contributed by atoms with E-state index in [9.17, 15) is 0 Å². The summed E-state index contributed by atoms with van der Waals surface area (Å²) in [5, 5.41) is 0. The fourth-order valence-electron chi connectivity index (χ4n) is 0. The minimum atomic E-state index is -4.94. The number of rotatable bonds is 0. The summed E-state index contributed by atoms with van der Waals surface area (Å²) in [5.74, 6) is 0. The van der Waals surface area contributed by atoms with Crippen molar-refractivity contribution in [1.82, 2.24) is 0 Å². The molecule has 0 aromatic carbocycles. The van der Waals surface area contributed by atoms with Crippen LogP contribution in [0.5, 0.6) is 0 Å². The van der Waals surface area contributed by atoms with E-state index in [2.05, 4.69) is 0 Å². The molecule has 0 bridgehead atoms. The van der Waals surface area contributed by atoms with Crippen LogP contribution < -0.4 is 18.6 Å². The van der Waals surface area contributed by atoms with Crippen molar-refractivity contribution >= 4 is 43.1 Å². The Labute approximate surface area is 71.6 Å². The van der Waals surface area contributed by atoms with E-state index in [1.807, 2.05) is 0 Å². The van der Waals surface area contributed by atoms with E-state index < -0.39 is 26.6 Å². The summed E-state index contributed by atoms with van der Waals surface area (Å²) in [6, 6.07) is 0. The zero-order valence-corrected chi connectivity index (χ0v) is 9.52. The second-order valence-corrected chi connectivity index (χ2v) is 14.1. The molecule has 0 aliphatic rings. The molecule has 0 aliphatic heterocycles. The van der Waals surface area contributed by atoms with Gasteiger partial charge in [-0.05, 0) is 0 Å². The normalized spacial score (nSPS) is 9.67. The third-order valence-electron chi connectivity index (χ3n) is 0. The number of hydrogen-bond donors (Lipinski definition) is 0. The third-order valence-corrected chi connectivity index (χ3v) is 0. The summed E-state index contributed by atoms with van der Waals surface area (Å²) in [5.41, 5.74) is 0. The van der Waals surface area contributed by atoms with Gasteiger partial charge in [0.25, 0.3) is 0 Å². The second kappa shape index (κ2) is 6.51. The van der Waals surface area contributed by atoms with Crippen LogP contribution in [-0.4, -0.2) is 16.4 Å². The van der Waals surface area contributed by atoms with E-state index in [-0.39, 0.29) is 0 Å². The van der Waals surface area contributed by atoms with Gasteiger partial charge in [0.05, 0.1) is 0 Å². The van der Waals surface area contributed by atoms with Gasteiger partial charge in [0, 0.05) is 0 Å². The van der Waals surface area contributed by atoms with E-state index in [0.717, 1.165) is 0 Å². The second-order valence-electron chi connectivity index (χ2n) is 0.592. The van der Waals surface area contributed by atoms with Gasteiger partial charge >= 0.3 is 43.1 Å². The molecular weight excluding hydrogens is 325 g/mol. The molecule has 0 radical (unpaired) electrons. The first kappa shape index (κ1) is 13.4. The summed E-state index contributed by atoms with van der Waals surface area (Å²) >= 11 is -2.13. The molecule has 0 aromatic heterocycles. The van der Waals surface area contributed by atoms with Crippen molar-refractivity contribution in [2.75, 3.05) is 0 Å². The minimum Gasteiger partial charge on any atom is -0.222 e. The molecular formula is Cl4O4Sn. The maximum atomic E-state index is 8.49. The number of hydrogen-bond acceptors (Lipinski definition) is 4. The van der Waals surface area contributed by atoms with E-state index in [1.165, 1.54) is 0 Å². The van der Waals surface area contributed by atoms with Crippen molar-refractivity contribution in [1.29, 1.82) is 0 Å². The van der Waals surface area contributed by atoms with Gasteiger partial charge < -0.3 is 0 Å². The molecule has 0 unspecified atom stereocenters. The Kier molecular flexibility index (Phi) is 9.68. The van der Waals surface area contributed by atoms with Gasteiger partial charge in [0.1, 0.15) is 0 Å². The maximum Gasteiger partial charge on any atom is -0.112 e. The zero-order valence-electron chi connectivity index (χ0n) is 3.64. The Balaban J connectivity index is 0. The van der Waals surface area contributed by atoms with Gasteiger partial charge in [-0.25, -0.2) is 18.6 Å². The Morgan fingerprint density at radius 2 is 0.889 bits per heavy atom. The topological polar surface area (TPSA) is 92.2 Å². The predicted octanol–water partition coefficient (Wildman–Crippen LogP) is -3.07. The van der Waals surface area contributed by atoms with Crippen molar-refractivity contribution in [2.45, 2.75) is 0 Å². The van der Waals surface area contributed by atoms with Crippen LogP contribution >= 0.6 is 26.8 Å². The fraction of sp³-hybridized carbons (Fsp3) is 0. The standard InChI is InChI=1S/ClHO4.3ClH.Sn/c2-1(3,4)5;;;;/h(H,2,3,4,5);3*1H;/q;;;;+4/p-4. The molecule has 0 saturated carbocycles. The van der Waals surface area contributed by atoms with Gasteiger partial charge in [0.15, 0.2) is 0 Å². The predicted molar refractivity (Wildman–Crippen MR) is 23.3 cm³/mol. The molecule has 0 N–H and O–H groups in total. The van der Waals surface area contributed by atoms with Gasteiger partial charge in [-0.2, -0.15) is 0 Å². The van der Waals surface area contributed by atoms with Gasteiger partial charge in [-0.15, -0.1) is 10.2 Å². The summed E-state index contributed by atoms with van der Waals surface area (Å²) < 4.78 is 34.0. The molecule has 0 aliphatic carbocycles. The molecule has 9 heteroatoms. The Bertz CT molecular complexity index is 49.3. The Hall–Kier alpha value is 1.80. The first-order valence-corrected chi connectivity index (χ1v) is 13.3. The summed E-state index contributed by atoms with van der Waals surface area (Å²) in [6.07, 6.45) is 0. The zero-order chi connectivity index (χ0) is 8.08. The quantitative estimate of drug-likeness (QED) is 0.442. The van der Waals surface area contributed by atoms with E-state index >= 15 is 0 Å². The van der Waals surface area contributed by atoms with Crippen molar-refractivity contribution < 1.29 is 28.9 Å². The van der Waals surface area contributed by atoms with Crippen molar-refractivity contribution in [3.05, 3.63) is 0 Å². The van der Waals surface area contributed by atoms with Crippen molar-refractivity contribution in [2.24, 2.45) is 0 Å². The minimum absolute atomic E-state index is 2.13. The Morgan fingerprint density at radius 3 is 0.889 bits per heavy atom. The molecule has 0 rings (SSSR count). The molecule has 0 fully saturated rings. The van der Waals surface area contributed by atoms with Crippen LogP contribution in [0.15, 0.2) is 0 Å². The van der Waals surface area contributed by atoms with E-state index in [0.29, 0.717) is 0 Å². The smallest absolute Gasteiger partial charge is 0.112 e. The van der Waals surface area contributed by atoms with E-state index in [4.69, 9.17) is 45.4 Å². The van der Waals surface area contributed by atoms with Gasteiger partial charge in [-0.1, -0.05) is 0 Å². The molecule has 0 aromatic rings. The van der Waals surface area contributed by atoms with Crippen LogP contribution in [0.2, 0.25) is 0 Å². The van der Waals surface area contributed by atoms with Crippen LogP contribution in [0.1, 0.15) is 0 Å². The summed E-state index contributed by atoms with van der Waals surface area (Å²) in [7, 11) is 10.1. The van der Waals surface area contributed by atoms with Gasteiger partial charge in [-0.3, -0.25) is 0 Å². The molecule has 0 spiro atoms. The number of halogens is 4. The molecule has 0 saturated heterocycles. The van der Waals surface area contributed by atoms with Crippen LogP contribution in [0.3, 0.4) is 0 Å². The van der Waals surface area contributed by atoms with Crippen molar-refractivity contribution in [3.8, 4) is 0 Å². The first-order valence-electron chi connectivity index (χ1n) is 1.18. The van der Waals surface area contributed by atoms with E-state index in [1.54, 1.807) is 0 Å². The SMILES string of the molecule is [Cl][Sn+]([Cl])[Cl].[O-][Cl+3]([O-])([O-])[O-]. The van der Waals surface area contributed by atoms with Crippen LogP contribution in [0.4, 0.5) is 0 Å². The largest absolute Gasteiger partial charge is 0.222 e. The van der Waals surface area contributed by atoms with Crippen molar-refractivity contribution in [3.63, 3.8) is 0 Å². The van der Waals surface area contributed by atoms with Crippen LogP contribution in [0, 0.1) is 10.2 Å². The van der Waals surface area contributed by atoms with Gasteiger partial charge in [0.2, 0.25) is 0 Å². The molecule has 9 heavy (non-hydrogen) atoms. The first-order chi connectivity index (χ1) is 3.73.